The van der Waals surface area contributed by atoms with Gasteiger partial charge in [0.1, 0.15) is 4.21 Å². The van der Waals surface area contributed by atoms with Crippen molar-refractivity contribution in [3.05, 3.63) is 83.7 Å². The van der Waals surface area contributed by atoms with Crippen LogP contribution in [-0.4, -0.2) is 76.2 Å². The molecule has 0 bridgehead atoms. The third-order valence-electron chi connectivity index (χ3n) is 7.36. The van der Waals surface area contributed by atoms with E-state index in [0.29, 0.717) is 22.9 Å². The van der Waals surface area contributed by atoms with Crippen LogP contribution in [0.2, 0.25) is 0 Å². The average Bonchev–Trinajstić information content (AvgIpc) is 3.73. The number of piperazine rings is 1. The van der Waals surface area contributed by atoms with Crippen molar-refractivity contribution < 1.29 is 8.42 Å². The monoisotopic (exact) mass is 584 g/mol. The molecule has 41 heavy (non-hydrogen) atoms. The highest BCUT2D eigenvalue weighted by Crippen LogP contribution is 2.27. The second-order valence-corrected chi connectivity index (χ2v) is 13.2. The van der Waals surface area contributed by atoms with Crippen molar-refractivity contribution in [3.8, 4) is 22.8 Å². The van der Waals surface area contributed by atoms with E-state index in [2.05, 4.69) is 61.0 Å². The zero-order chi connectivity index (χ0) is 28.0. The molecule has 5 heterocycles. The first-order valence-corrected chi connectivity index (χ1v) is 15.7. The molecule has 0 spiro atoms. The van der Waals surface area contributed by atoms with Crippen LogP contribution in [0.3, 0.4) is 0 Å². The number of nitrogens with one attached hydrogen (secondary N) is 2. The number of thiophene rings is 1. The molecule has 1 aliphatic heterocycles. The fourth-order valence-corrected chi connectivity index (χ4v) is 7.17. The van der Waals surface area contributed by atoms with Crippen molar-refractivity contribution in [2.75, 3.05) is 37.9 Å². The number of hydrogen-bond donors (Lipinski definition) is 2. The van der Waals surface area contributed by atoms with Crippen LogP contribution < -0.4 is 4.72 Å². The van der Waals surface area contributed by atoms with Crippen LogP contribution in [0.15, 0.2) is 82.4 Å². The van der Waals surface area contributed by atoms with E-state index in [1.54, 1.807) is 40.2 Å². The highest BCUT2D eigenvalue weighted by molar-refractivity contribution is 7.94. The standard InChI is InChI=1S/C29H28N8O2S2/c1-35-11-13-36(14-12-35)19-20-7-8-22-18-26(30-25(22)16-20)29-32-31-27-10-9-24(33-37(27)29)21-4-2-5-23(17-21)34-41(38,39)28-6-3-15-40-28/h2-10,15-18,30,34H,11-14,19H2,1H3. The van der Waals surface area contributed by atoms with Gasteiger partial charge in [-0.2, -0.15) is 9.61 Å². The minimum atomic E-state index is -3.65. The summed E-state index contributed by atoms with van der Waals surface area (Å²) in [5.41, 5.74) is 5.66. The number of fused-ring (bicyclic) bond motifs is 2. The second kappa shape index (κ2) is 10.4. The predicted octanol–water partition coefficient (Wildman–Crippen LogP) is 4.55. The predicted molar refractivity (Wildman–Crippen MR) is 161 cm³/mol. The maximum atomic E-state index is 12.7. The number of nitrogens with zero attached hydrogens (tertiary/aromatic N) is 6. The van der Waals surface area contributed by atoms with Crippen LogP contribution in [0, 0.1) is 0 Å². The Bertz CT molecular complexity index is 1960. The maximum Gasteiger partial charge on any atom is 0.271 e. The summed E-state index contributed by atoms with van der Waals surface area (Å²) in [4.78, 5) is 8.37. The average molecular weight is 585 g/mol. The molecular formula is C29H28N8O2S2. The van der Waals surface area contributed by atoms with Gasteiger partial charge in [-0.05, 0) is 60.5 Å². The number of benzene rings is 2. The van der Waals surface area contributed by atoms with E-state index < -0.39 is 10.0 Å². The lowest BCUT2D eigenvalue weighted by atomic mass is 10.1. The number of aromatic amines is 1. The van der Waals surface area contributed by atoms with Gasteiger partial charge in [0.25, 0.3) is 10.0 Å². The van der Waals surface area contributed by atoms with Crippen molar-refractivity contribution in [1.29, 1.82) is 0 Å². The fraction of sp³-hybridized carbons (Fsp3) is 0.207. The molecule has 0 saturated carbocycles. The van der Waals surface area contributed by atoms with Gasteiger partial charge in [0.05, 0.1) is 11.4 Å². The molecule has 1 saturated heterocycles. The first-order valence-electron chi connectivity index (χ1n) is 13.3. The van der Waals surface area contributed by atoms with Crippen LogP contribution in [-0.2, 0) is 16.6 Å². The molecule has 10 nitrogen and oxygen atoms in total. The molecule has 0 radical (unpaired) electrons. The molecule has 2 N–H and O–H groups in total. The zero-order valence-corrected chi connectivity index (χ0v) is 24.0. The van der Waals surface area contributed by atoms with E-state index in [4.69, 9.17) is 5.10 Å². The Balaban J connectivity index is 1.17. The van der Waals surface area contributed by atoms with E-state index in [9.17, 15) is 8.42 Å². The summed E-state index contributed by atoms with van der Waals surface area (Å²) < 4.78 is 30.1. The Kier molecular flexibility index (Phi) is 6.54. The lowest BCUT2D eigenvalue weighted by Gasteiger charge is -2.32. The zero-order valence-electron chi connectivity index (χ0n) is 22.4. The summed E-state index contributed by atoms with van der Waals surface area (Å²) in [5, 5.41) is 16.4. The number of aromatic nitrogens is 5. The molecule has 12 heteroatoms. The third-order valence-corrected chi connectivity index (χ3v) is 10.1. The molecule has 1 fully saturated rings. The van der Waals surface area contributed by atoms with Crippen molar-refractivity contribution in [2.45, 2.75) is 10.8 Å². The van der Waals surface area contributed by atoms with E-state index in [1.165, 1.54) is 16.9 Å². The van der Waals surface area contributed by atoms with Crippen LogP contribution in [0.5, 0.6) is 0 Å². The molecule has 0 amide bonds. The SMILES string of the molecule is CN1CCN(Cc2ccc3cc(-c4nnc5ccc(-c6cccc(NS(=O)(=O)c7cccs7)c6)nn45)[nH]c3c2)CC1. The summed E-state index contributed by atoms with van der Waals surface area (Å²) in [6.45, 7) is 5.28. The van der Waals surface area contributed by atoms with Gasteiger partial charge < -0.3 is 9.88 Å². The van der Waals surface area contributed by atoms with Crippen molar-refractivity contribution >= 4 is 43.6 Å². The normalized spacial score (nSPS) is 15.1. The lowest BCUT2D eigenvalue weighted by Crippen LogP contribution is -2.43. The van der Waals surface area contributed by atoms with Crippen molar-refractivity contribution in [1.82, 2.24) is 34.6 Å². The number of rotatable bonds is 7. The molecule has 6 aromatic rings. The molecular weight excluding hydrogens is 557 g/mol. The maximum absolute atomic E-state index is 12.7. The van der Waals surface area contributed by atoms with Crippen LogP contribution in [0.25, 0.3) is 39.3 Å². The Labute approximate surface area is 241 Å². The summed E-state index contributed by atoms with van der Waals surface area (Å²) in [5.74, 6) is 0.605. The van der Waals surface area contributed by atoms with Gasteiger partial charge in [0, 0.05) is 54.9 Å². The number of likely N-dealkylation sites (N-methyl/N-ethyl adjacent to an activating group) is 1. The minimum Gasteiger partial charge on any atom is -0.352 e. The molecule has 208 valence electrons. The highest BCUT2D eigenvalue weighted by Gasteiger charge is 2.18. The number of H-pyrrole nitrogens is 1. The molecule has 0 aliphatic carbocycles. The van der Waals surface area contributed by atoms with Crippen molar-refractivity contribution in [2.24, 2.45) is 0 Å². The fourth-order valence-electron chi connectivity index (χ4n) is 5.13. The summed E-state index contributed by atoms with van der Waals surface area (Å²) in [6, 6.07) is 22.8. The lowest BCUT2D eigenvalue weighted by molar-refractivity contribution is 0.148. The topological polar surface area (TPSA) is 112 Å². The van der Waals surface area contributed by atoms with Gasteiger partial charge in [-0.25, -0.2) is 8.42 Å². The van der Waals surface area contributed by atoms with Gasteiger partial charge in [0.15, 0.2) is 5.65 Å². The van der Waals surface area contributed by atoms with Gasteiger partial charge in [-0.3, -0.25) is 9.62 Å². The van der Waals surface area contributed by atoms with E-state index in [1.807, 2.05) is 18.2 Å². The summed E-state index contributed by atoms with van der Waals surface area (Å²) in [7, 11) is -1.48. The van der Waals surface area contributed by atoms with Crippen LogP contribution in [0.1, 0.15) is 5.56 Å². The molecule has 0 atom stereocenters. The Morgan fingerprint density at radius 2 is 1.83 bits per heavy atom. The van der Waals surface area contributed by atoms with Crippen molar-refractivity contribution in [3.63, 3.8) is 0 Å². The Hall–Kier alpha value is -4.10. The molecule has 0 unspecified atom stereocenters. The van der Waals surface area contributed by atoms with Gasteiger partial charge in [0.2, 0.25) is 5.82 Å². The van der Waals surface area contributed by atoms with Crippen LogP contribution >= 0.6 is 11.3 Å². The first-order chi connectivity index (χ1) is 19.9. The quantitative estimate of drug-likeness (QED) is 0.283. The number of sulfonamides is 1. The molecule has 4 aromatic heterocycles. The summed E-state index contributed by atoms with van der Waals surface area (Å²) >= 11 is 1.17. The first kappa shape index (κ1) is 25.8. The Morgan fingerprint density at radius 3 is 2.66 bits per heavy atom. The second-order valence-electron chi connectivity index (χ2n) is 10.3. The smallest absolute Gasteiger partial charge is 0.271 e. The van der Waals surface area contributed by atoms with Gasteiger partial charge in [-0.1, -0.05) is 30.3 Å². The van der Waals surface area contributed by atoms with E-state index >= 15 is 0 Å². The van der Waals surface area contributed by atoms with Gasteiger partial charge >= 0.3 is 0 Å². The third kappa shape index (κ3) is 5.22. The van der Waals surface area contributed by atoms with Crippen LogP contribution in [0.4, 0.5) is 5.69 Å². The highest BCUT2D eigenvalue weighted by atomic mass is 32.2. The summed E-state index contributed by atoms with van der Waals surface area (Å²) in [6.07, 6.45) is 0. The molecule has 7 rings (SSSR count). The molecule has 1 aliphatic rings. The largest absolute Gasteiger partial charge is 0.352 e. The Morgan fingerprint density at radius 1 is 0.951 bits per heavy atom. The number of hydrogen-bond acceptors (Lipinski definition) is 8. The molecule has 2 aromatic carbocycles. The van der Waals surface area contributed by atoms with E-state index in [-0.39, 0.29) is 4.21 Å². The minimum absolute atomic E-state index is 0.265. The number of anilines is 1. The van der Waals surface area contributed by atoms with Gasteiger partial charge in [-0.15, -0.1) is 21.5 Å². The van der Waals surface area contributed by atoms with E-state index in [0.717, 1.165) is 54.9 Å².